The van der Waals surface area contributed by atoms with Gasteiger partial charge in [0.1, 0.15) is 11.9 Å². The van der Waals surface area contributed by atoms with Crippen LogP contribution in [-0.4, -0.2) is 43.0 Å². The van der Waals surface area contributed by atoms with E-state index in [1.54, 1.807) is 38.2 Å². The summed E-state index contributed by atoms with van der Waals surface area (Å²) >= 11 is 0. The molecule has 0 bridgehead atoms. The molecule has 3 heterocycles. The van der Waals surface area contributed by atoms with Crippen molar-refractivity contribution in [2.75, 3.05) is 27.3 Å². The van der Waals surface area contributed by atoms with Gasteiger partial charge >= 0.3 is 0 Å². The Bertz CT molecular complexity index is 1090. The van der Waals surface area contributed by atoms with Crippen molar-refractivity contribution in [1.29, 1.82) is 0 Å². The summed E-state index contributed by atoms with van der Waals surface area (Å²) in [7, 11) is 4.99. The zero-order valence-electron chi connectivity index (χ0n) is 16.9. The SMILES string of the molecule is COc1cc(-c2cn(C)c(=O)c3cnccc23)c(OC)cc1OC1CCNCC1. The first-order chi connectivity index (χ1) is 14.1. The zero-order chi connectivity index (χ0) is 20.4. The number of aromatic nitrogens is 2. The minimum absolute atomic E-state index is 0.0892. The summed E-state index contributed by atoms with van der Waals surface area (Å²) < 4.78 is 19.1. The Balaban J connectivity index is 1.85. The van der Waals surface area contributed by atoms with Crippen LogP contribution in [0.4, 0.5) is 0 Å². The van der Waals surface area contributed by atoms with E-state index in [2.05, 4.69) is 10.3 Å². The van der Waals surface area contributed by atoms with E-state index in [0.29, 0.717) is 22.6 Å². The monoisotopic (exact) mass is 395 g/mol. The van der Waals surface area contributed by atoms with Gasteiger partial charge in [0.05, 0.1) is 19.6 Å². The smallest absolute Gasteiger partial charge is 0.259 e. The van der Waals surface area contributed by atoms with Gasteiger partial charge in [-0.2, -0.15) is 0 Å². The number of nitrogens with one attached hydrogen (secondary N) is 1. The molecule has 1 aliphatic heterocycles. The highest BCUT2D eigenvalue weighted by Gasteiger charge is 2.21. The fourth-order valence-corrected chi connectivity index (χ4v) is 3.79. The van der Waals surface area contributed by atoms with Crippen molar-refractivity contribution in [3.63, 3.8) is 0 Å². The molecule has 2 aromatic heterocycles. The molecule has 1 aromatic carbocycles. The molecule has 7 nitrogen and oxygen atoms in total. The number of fused-ring (bicyclic) bond motifs is 1. The molecule has 0 radical (unpaired) electrons. The Morgan fingerprint density at radius 3 is 2.52 bits per heavy atom. The molecule has 1 saturated heterocycles. The van der Waals surface area contributed by atoms with Crippen LogP contribution in [0.3, 0.4) is 0 Å². The molecule has 7 heteroatoms. The highest BCUT2D eigenvalue weighted by Crippen LogP contribution is 2.42. The van der Waals surface area contributed by atoms with E-state index < -0.39 is 0 Å². The molecule has 3 aromatic rings. The van der Waals surface area contributed by atoms with E-state index in [9.17, 15) is 4.79 Å². The van der Waals surface area contributed by atoms with E-state index >= 15 is 0 Å². The molecule has 0 spiro atoms. The molecule has 0 atom stereocenters. The van der Waals surface area contributed by atoms with Crippen LogP contribution in [0.2, 0.25) is 0 Å². The summed E-state index contributed by atoms with van der Waals surface area (Å²) in [4.78, 5) is 16.6. The Kier molecular flexibility index (Phi) is 5.40. The van der Waals surface area contributed by atoms with Gasteiger partial charge in [-0.1, -0.05) is 0 Å². The molecule has 0 aliphatic carbocycles. The molecule has 0 unspecified atom stereocenters. The number of nitrogens with zero attached hydrogens (tertiary/aromatic N) is 2. The summed E-state index contributed by atoms with van der Waals surface area (Å²) in [6.07, 6.45) is 7.14. The molecule has 152 valence electrons. The van der Waals surface area contributed by atoms with Gasteiger partial charge in [-0.15, -0.1) is 0 Å². The highest BCUT2D eigenvalue weighted by molar-refractivity contribution is 5.97. The van der Waals surface area contributed by atoms with E-state index in [0.717, 1.165) is 42.4 Å². The van der Waals surface area contributed by atoms with Crippen LogP contribution in [0.5, 0.6) is 17.2 Å². The lowest BCUT2D eigenvalue weighted by Crippen LogP contribution is -2.34. The average Bonchev–Trinajstić information content (AvgIpc) is 2.77. The van der Waals surface area contributed by atoms with Crippen LogP contribution in [0.25, 0.3) is 21.9 Å². The van der Waals surface area contributed by atoms with Crippen molar-refractivity contribution in [2.24, 2.45) is 7.05 Å². The Hall–Kier alpha value is -3.06. The van der Waals surface area contributed by atoms with Gasteiger partial charge < -0.3 is 24.1 Å². The molecule has 29 heavy (non-hydrogen) atoms. The standard InChI is InChI=1S/C22H25N3O4/c1-25-13-18(15-6-9-24-12-17(15)22(25)26)16-10-20(28-3)21(11-19(16)27-2)29-14-4-7-23-8-5-14/h6,9-14,23H,4-5,7-8H2,1-3H3. The van der Waals surface area contributed by atoms with Crippen LogP contribution in [0.15, 0.2) is 41.6 Å². The number of piperidine rings is 1. The summed E-state index contributed by atoms with van der Waals surface area (Å²) in [6.45, 7) is 1.89. The Morgan fingerprint density at radius 2 is 1.79 bits per heavy atom. The summed E-state index contributed by atoms with van der Waals surface area (Å²) in [5.74, 6) is 1.96. The summed E-state index contributed by atoms with van der Waals surface area (Å²) in [5.41, 5.74) is 1.61. The van der Waals surface area contributed by atoms with E-state index in [-0.39, 0.29) is 11.7 Å². The topological polar surface area (TPSA) is 74.6 Å². The largest absolute Gasteiger partial charge is 0.496 e. The molecular weight excluding hydrogens is 370 g/mol. The molecular formula is C22H25N3O4. The fraction of sp³-hybridized carbons (Fsp3) is 0.364. The maximum Gasteiger partial charge on any atom is 0.259 e. The van der Waals surface area contributed by atoms with Gasteiger partial charge in [-0.25, -0.2) is 0 Å². The summed E-state index contributed by atoms with van der Waals surface area (Å²) in [6, 6.07) is 5.63. The number of hydrogen-bond donors (Lipinski definition) is 1. The van der Waals surface area contributed by atoms with Gasteiger partial charge in [0.25, 0.3) is 5.56 Å². The lowest BCUT2D eigenvalue weighted by Gasteiger charge is -2.25. The second-order valence-corrected chi connectivity index (χ2v) is 7.15. The highest BCUT2D eigenvalue weighted by atomic mass is 16.5. The third kappa shape index (κ3) is 3.65. The van der Waals surface area contributed by atoms with Crippen LogP contribution in [-0.2, 0) is 7.05 Å². The normalized spacial score (nSPS) is 14.7. The van der Waals surface area contributed by atoms with Gasteiger partial charge in [-0.3, -0.25) is 9.78 Å². The van der Waals surface area contributed by atoms with Gasteiger partial charge in [0.15, 0.2) is 11.5 Å². The van der Waals surface area contributed by atoms with Gasteiger partial charge in [0.2, 0.25) is 0 Å². The number of pyridine rings is 2. The van der Waals surface area contributed by atoms with E-state index in [4.69, 9.17) is 14.2 Å². The first kappa shape index (κ1) is 19.3. The van der Waals surface area contributed by atoms with Crippen molar-refractivity contribution in [3.05, 3.63) is 47.1 Å². The quantitative estimate of drug-likeness (QED) is 0.716. The lowest BCUT2D eigenvalue weighted by atomic mass is 10.00. The number of methoxy groups -OCH3 is 2. The number of aryl methyl sites for hydroxylation is 1. The maximum absolute atomic E-state index is 12.5. The molecule has 1 aliphatic rings. The van der Waals surface area contributed by atoms with Crippen LogP contribution < -0.4 is 25.1 Å². The molecule has 0 amide bonds. The van der Waals surface area contributed by atoms with Crippen molar-refractivity contribution in [3.8, 4) is 28.4 Å². The van der Waals surface area contributed by atoms with Crippen molar-refractivity contribution < 1.29 is 14.2 Å². The van der Waals surface area contributed by atoms with Crippen molar-refractivity contribution in [2.45, 2.75) is 18.9 Å². The minimum atomic E-state index is -0.0892. The maximum atomic E-state index is 12.5. The number of ether oxygens (including phenoxy) is 3. The predicted molar refractivity (Wildman–Crippen MR) is 112 cm³/mol. The zero-order valence-corrected chi connectivity index (χ0v) is 16.9. The van der Waals surface area contributed by atoms with Gasteiger partial charge in [-0.05, 0) is 43.5 Å². The average molecular weight is 395 g/mol. The molecule has 4 rings (SSSR count). The molecule has 0 saturated carbocycles. The van der Waals surface area contributed by atoms with E-state index in [1.807, 2.05) is 24.4 Å². The Labute approximate surface area is 169 Å². The minimum Gasteiger partial charge on any atom is -0.496 e. The third-order valence-electron chi connectivity index (χ3n) is 5.34. The Morgan fingerprint density at radius 1 is 1.03 bits per heavy atom. The van der Waals surface area contributed by atoms with Crippen LogP contribution in [0, 0.1) is 0 Å². The first-order valence-corrected chi connectivity index (χ1v) is 9.69. The van der Waals surface area contributed by atoms with Gasteiger partial charge in [0, 0.05) is 42.8 Å². The van der Waals surface area contributed by atoms with E-state index in [1.165, 1.54) is 0 Å². The lowest BCUT2D eigenvalue weighted by molar-refractivity contribution is 0.156. The second kappa shape index (κ2) is 8.13. The number of benzene rings is 1. The second-order valence-electron chi connectivity index (χ2n) is 7.15. The summed E-state index contributed by atoms with van der Waals surface area (Å²) in [5, 5.41) is 4.71. The molecule has 1 fully saturated rings. The predicted octanol–water partition coefficient (Wildman–Crippen LogP) is 2.75. The van der Waals surface area contributed by atoms with Crippen LogP contribution >= 0.6 is 0 Å². The number of rotatable bonds is 5. The fourth-order valence-electron chi connectivity index (χ4n) is 3.79. The first-order valence-electron chi connectivity index (χ1n) is 9.69. The molecule has 1 N–H and O–H groups in total. The van der Waals surface area contributed by atoms with Crippen LogP contribution in [0.1, 0.15) is 12.8 Å². The van der Waals surface area contributed by atoms with Crippen molar-refractivity contribution >= 4 is 10.8 Å². The van der Waals surface area contributed by atoms with Crippen molar-refractivity contribution in [1.82, 2.24) is 14.9 Å². The number of hydrogen-bond acceptors (Lipinski definition) is 6. The third-order valence-corrected chi connectivity index (χ3v) is 5.34.